The predicted molar refractivity (Wildman–Crippen MR) is 56.5 cm³/mol. The van der Waals surface area contributed by atoms with Crippen molar-refractivity contribution in [3.8, 4) is 0 Å². The van der Waals surface area contributed by atoms with E-state index in [0.29, 0.717) is 0 Å². The third kappa shape index (κ3) is 3.68. The summed E-state index contributed by atoms with van der Waals surface area (Å²) in [5.41, 5.74) is 0. The first-order chi connectivity index (χ1) is 7.09. The SMILES string of the molecule is CN(C)/N=C/C(=O)/C=C(\O)c1ccco1. The fourth-order valence-electron chi connectivity index (χ4n) is 0.840. The van der Waals surface area contributed by atoms with Crippen molar-refractivity contribution in [2.24, 2.45) is 5.10 Å². The van der Waals surface area contributed by atoms with E-state index in [1.807, 2.05) is 0 Å². The molecule has 5 nitrogen and oxygen atoms in total. The van der Waals surface area contributed by atoms with Crippen LogP contribution in [0.3, 0.4) is 0 Å². The van der Waals surface area contributed by atoms with Gasteiger partial charge in [0.05, 0.1) is 12.5 Å². The van der Waals surface area contributed by atoms with Crippen LogP contribution in [-0.4, -0.2) is 36.2 Å². The molecule has 1 heterocycles. The van der Waals surface area contributed by atoms with Crippen LogP contribution in [0.5, 0.6) is 0 Å². The Morgan fingerprint density at radius 2 is 2.33 bits per heavy atom. The van der Waals surface area contributed by atoms with Crippen molar-refractivity contribution in [1.29, 1.82) is 0 Å². The van der Waals surface area contributed by atoms with Crippen molar-refractivity contribution < 1.29 is 14.3 Å². The number of aliphatic hydroxyl groups excluding tert-OH is 1. The Hall–Kier alpha value is -2.04. The number of ketones is 1. The van der Waals surface area contributed by atoms with E-state index >= 15 is 0 Å². The molecule has 0 bridgehead atoms. The molecule has 0 saturated heterocycles. The zero-order valence-corrected chi connectivity index (χ0v) is 8.54. The third-order valence-corrected chi connectivity index (χ3v) is 1.47. The van der Waals surface area contributed by atoms with Gasteiger partial charge in [-0.3, -0.25) is 4.79 Å². The van der Waals surface area contributed by atoms with Gasteiger partial charge in [-0.05, 0) is 12.1 Å². The van der Waals surface area contributed by atoms with Crippen LogP contribution in [0.15, 0.2) is 34.0 Å². The highest BCUT2D eigenvalue weighted by atomic mass is 16.4. The normalized spacial score (nSPS) is 12.0. The molecule has 0 aliphatic rings. The Kier molecular flexibility index (Phi) is 3.68. The van der Waals surface area contributed by atoms with Crippen LogP contribution in [0.1, 0.15) is 5.76 Å². The number of furan rings is 1. The highest BCUT2D eigenvalue weighted by Crippen LogP contribution is 2.10. The van der Waals surface area contributed by atoms with Gasteiger partial charge in [0.1, 0.15) is 0 Å². The van der Waals surface area contributed by atoms with Gasteiger partial charge in [0, 0.05) is 20.2 Å². The van der Waals surface area contributed by atoms with Gasteiger partial charge in [-0.25, -0.2) is 0 Å². The van der Waals surface area contributed by atoms with Gasteiger partial charge >= 0.3 is 0 Å². The number of hydrogen-bond acceptors (Lipinski definition) is 5. The Morgan fingerprint density at radius 3 is 2.87 bits per heavy atom. The molecular weight excluding hydrogens is 196 g/mol. The summed E-state index contributed by atoms with van der Waals surface area (Å²) < 4.78 is 4.90. The largest absolute Gasteiger partial charge is 0.504 e. The molecule has 0 aliphatic heterocycles. The minimum Gasteiger partial charge on any atom is -0.504 e. The van der Waals surface area contributed by atoms with Gasteiger partial charge in [-0.1, -0.05) is 0 Å². The standard InChI is InChI=1S/C10H12N2O3/c1-12(2)11-7-8(13)6-9(14)10-4-3-5-15-10/h3-7,14H,1-2H3/b9-6-,11-7+. The molecule has 0 saturated carbocycles. The van der Waals surface area contributed by atoms with Gasteiger partial charge < -0.3 is 14.5 Å². The molecule has 0 spiro atoms. The van der Waals surface area contributed by atoms with Crippen LogP contribution in [-0.2, 0) is 4.79 Å². The molecule has 0 amide bonds. The smallest absolute Gasteiger partial charge is 0.202 e. The first-order valence-electron chi connectivity index (χ1n) is 4.29. The van der Waals surface area contributed by atoms with E-state index in [0.717, 1.165) is 12.3 Å². The van der Waals surface area contributed by atoms with E-state index in [-0.39, 0.29) is 11.5 Å². The summed E-state index contributed by atoms with van der Waals surface area (Å²) in [4.78, 5) is 11.2. The van der Waals surface area contributed by atoms with E-state index in [2.05, 4.69) is 5.10 Å². The lowest BCUT2D eigenvalue weighted by molar-refractivity contribution is -0.108. The molecule has 0 unspecified atom stereocenters. The average Bonchev–Trinajstić information content (AvgIpc) is 2.67. The highest BCUT2D eigenvalue weighted by Gasteiger charge is 2.03. The van der Waals surface area contributed by atoms with E-state index < -0.39 is 5.78 Å². The average molecular weight is 208 g/mol. The lowest BCUT2D eigenvalue weighted by atomic mass is 10.3. The number of allylic oxidation sites excluding steroid dienone is 1. The maximum atomic E-state index is 11.2. The molecule has 0 aliphatic carbocycles. The second-order valence-electron chi connectivity index (χ2n) is 3.00. The van der Waals surface area contributed by atoms with Crippen LogP contribution < -0.4 is 0 Å². The predicted octanol–water partition coefficient (Wildman–Crippen LogP) is 1.29. The Bertz CT molecular complexity index is 377. The molecule has 5 heteroatoms. The third-order valence-electron chi connectivity index (χ3n) is 1.47. The lowest BCUT2D eigenvalue weighted by Crippen LogP contribution is -2.05. The second-order valence-corrected chi connectivity index (χ2v) is 3.00. The first-order valence-corrected chi connectivity index (χ1v) is 4.29. The minimum atomic E-state index is -0.405. The monoisotopic (exact) mass is 208 g/mol. The van der Waals surface area contributed by atoms with Crippen molar-refractivity contribution in [2.45, 2.75) is 0 Å². The fourth-order valence-corrected chi connectivity index (χ4v) is 0.840. The van der Waals surface area contributed by atoms with Gasteiger partial charge in [0.2, 0.25) is 5.78 Å². The number of aliphatic hydroxyl groups is 1. The zero-order chi connectivity index (χ0) is 11.3. The molecular formula is C10H12N2O3. The maximum absolute atomic E-state index is 11.2. The summed E-state index contributed by atoms with van der Waals surface area (Å²) in [7, 11) is 3.39. The van der Waals surface area contributed by atoms with Crippen molar-refractivity contribution in [3.05, 3.63) is 30.2 Å². The number of hydrogen-bond donors (Lipinski definition) is 1. The maximum Gasteiger partial charge on any atom is 0.202 e. The molecule has 1 N–H and O–H groups in total. The van der Waals surface area contributed by atoms with Gasteiger partial charge in [0.25, 0.3) is 0 Å². The number of nitrogens with zero attached hydrogens (tertiary/aromatic N) is 2. The fraction of sp³-hybridized carbons (Fsp3) is 0.200. The molecule has 1 aromatic rings. The quantitative estimate of drug-likeness (QED) is 0.350. The van der Waals surface area contributed by atoms with Crippen LogP contribution in [0, 0.1) is 0 Å². The summed E-state index contributed by atoms with van der Waals surface area (Å²) >= 11 is 0. The van der Waals surface area contributed by atoms with E-state index in [1.165, 1.54) is 11.3 Å². The molecule has 0 aromatic carbocycles. The minimum absolute atomic E-state index is 0.213. The highest BCUT2D eigenvalue weighted by molar-refractivity contribution is 6.33. The van der Waals surface area contributed by atoms with Crippen molar-refractivity contribution >= 4 is 17.8 Å². The van der Waals surface area contributed by atoms with Crippen LogP contribution in [0.4, 0.5) is 0 Å². The van der Waals surface area contributed by atoms with Gasteiger partial charge in [0.15, 0.2) is 11.5 Å². The number of hydrazone groups is 1. The zero-order valence-electron chi connectivity index (χ0n) is 8.54. The summed E-state index contributed by atoms with van der Waals surface area (Å²) in [6, 6.07) is 3.18. The molecule has 1 rings (SSSR count). The second kappa shape index (κ2) is 4.99. The Morgan fingerprint density at radius 1 is 1.60 bits per heavy atom. The molecule has 1 aromatic heterocycles. The van der Waals surface area contributed by atoms with Gasteiger partial charge in [-0.15, -0.1) is 0 Å². The number of carbonyl (C=O) groups excluding carboxylic acids is 1. The van der Waals surface area contributed by atoms with Crippen LogP contribution in [0.25, 0.3) is 5.76 Å². The topological polar surface area (TPSA) is 66.0 Å². The van der Waals surface area contributed by atoms with Crippen LogP contribution >= 0.6 is 0 Å². The van der Waals surface area contributed by atoms with Crippen LogP contribution in [0.2, 0.25) is 0 Å². The first kappa shape index (κ1) is 11.0. The van der Waals surface area contributed by atoms with E-state index in [1.54, 1.807) is 26.2 Å². The van der Waals surface area contributed by atoms with E-state index in [4.69, 9.17) is 4.42 Å². The summed E-state index contributed by atoms with van der Waals surface area (Å²) in [6.07, 6.45) is 3.57. The van der Waals surface area contributed by atoms with Crippen molar-refractivity contribution in [1.82, 2.24) is 5.01 Å². The lowest BCUT2D eigenvalue weighted by Gasteiger charge is -2.00. The van der Waals surface area contributed by atoms with Crippen molar-refractivity contribution in [3.63, 3.8) is 0 Å². The number of rotatable bonds is 4. The summed E-state index contributed by atoms with van der Waals surface area (Å²) in [5.74, 6) is -0.366. The summed E-state index contributed by atoms with van der Waals surface area (Å²) in [5, 5.41) is 14.6. The van der Waals surface area contributed by atoms with Crippen molar-refractivity contribution in [2.75, 3.05) is 14.1 Å². The molecule has 0 fully saturated rings. The molecule has 15 heavy (non-hydrogen) atoms. The van der Waals surface area contributed by atoms with E-state index in [9.17, 15) is 9.90 Å². The summed E-state index contributed by atoms with van der Waals surface area (Å²) in [6.45, 7) is 0. The molecule has 80 valence electrons. The number of carbonyl (C=O) groups is 1. The Balaban J connectivity index is 2.68. The Labute approximate surface area is 87.3 Å². The molecule has 0 radical (unpaired) electrons. The van der Waals surface area contributed by atoms with Gasteiger partial charge in [-0.2, -0.15) is 5.10 Å². The molecule has 0 atom stereocenters.